The van der Waals surface area contributed by atoms with Gasteiger partial charge in [0.25, 0.3) is 0 Å². The fourth-order valence-electron chi connectivity index (χ4n) is 3.85. The summed E-state index contributed by atoms with van der Waals surface area (Å²) < 4.78 is 11.1. The van der Waals surface area contributed by atoms with Gasteiger partial charge < -0.3 is 20.1 Å². The highest BCUT2D eigenvalue weighted by molar-refractivity contribution is 14.0. The average molecular weight is 544 g/mol. The van der Waals surface area contributed by atoms with E-state index in [-0.39, 0.29) is 29.4 Å². The lowest BCUT2D eigenvalue weighted by Gasteiger charge is -2.38. The van der Waals surface area contributed by atoms with Crippen molar-refractivity contribution >= 4 is 41.5 Å². The quantitative estimate of drug-likeness (QED) is 0.315. The summed E-state index contributed by atoms with van der Waals surface area (Å²) in [6, 6.07) is 14.3. The van der Waals surface area contributed by atoms with E-state index >= 15 is 0 Å². The van der Waals surface area contributed by atoms with Gasteiger partial charge >= 0.3 is 0 Å². The SMILES string of the molecule is CN=C(NCc1ccc(C)cc1OC)NCC1(c2ccccc2Cl)CCOCC1.I. The highest BCUT2D eigenvalue weighted by Gasteiger charge is 2.36. The molecule has 0 bridgehead atoms. The molecular weight excluding hydrogens is 513 g/mol. The van der Waals surface area contributed by atoms with Crippen LogP contribution in [0.15, 0.2) is 47.5 Å². The predicted molar refractivity (Wildman–Crippen MR) is 135 cm³/mol. The monoisotopic (exact) mass is 543 g/mol. The van der Waals surface area contributed by atoms with Crippen molar-refractivity contribution in [3.05, 3.63) is 64.2 Å². The summed E-state index contributed by atoms with van der Waals surface area (Å²) in [5, 5.41) is 7.71. The molecule has 0 saturated carbocycles. The second-order valence-corrected chi connectivity index (χ2v) is 7.87. The van der Waals surface area contributed by atoms with Crippen LogP contribution in [0, 0.1) is 6.92 Å². The van der Waals surface area contributed by atoms with Gasteiger partial charge in [-0.1, -0.05) is 41.9 Å². The molecule has 3 rings (SSSR count). The summed E-state index contributed by atoms with van der Waals surface area (Å²) in [7, 11) is 3.48. The van der Waals surface area contributed by atoms with Gasteiger partial charge in [-0.05, 0) is 43.0 Å². The molecule has 0 atom stereocenters. The lowest BCUT2D eigenvalue weighted by Crippen LogP contribution is -2.48. The van der Waals surface area contributed by atoms with Crippen LogP contribution in [0.1, 0.15) is 29.5 Å². The van der Waals surface area contributed by atoms with E-state index in [1.807, 2.05) is 18.2 Å². The molecular formula is C23H31ClIN3O2. The van der Waals surface area contributed by atoms with Crippen molar-refractivity contribution in [1.29, 1.82) is 0 Å². The number of aryl methyl sites for hydroxylation is 1. The van der Waals surface area contributed by atoms with Crippen molar-refractivity contribution in [3.63, 3.8) is 0 Å². The van der Waals surface area contributed by atoms with Gasteiger partial charge in [0, 0.05) is 49.4 Å². The van der Waals surface area contributed by atoms with E-state index in [9.17, 15) is 0 Å². The normalized spacial score (nSPS) is 15.8. The number of nitrogens with one attached hydrogen (secondary N) is 2. The zero-order valence-corrected chi connectivity index (χ0v) is 20.9. The first kappa shape index (κ1) is 24.8. The minimum Gasteiger partial charge on any atom is -0.496 e. The van der Waals surface area contributed by atoms with Crippen molar-refractivity contribution in [1.82, 2.24) is 10.6 Å². The van der Waals surface area contributed by atoms with Gasteiger partial charge in [0.15, 0.2) is 5.96 Å². The Bertz CT molecular complexity index is 854. The van der Waals surface area contributed by atoms with Gasteiger partial charge in [-0.25, -0.2) is 0 Å². The van der Waals surface area contributed by atoms with Crippen LogP contribution < -0.4 is 15.4 Å². The average Bonchev–Trinajstić information content (AvgIpc) is 2.75. The van der Waals surface area contributed by atoms with Crippen LogP contribution in [-0.2, 0) is 16.7 Å². The van der Waals surface area contributed by atoms with Crippen LogP contribution in [0.5, 0.6) is 5.75 Å². The van der Waals surface area contributed by atoms with Crippen LogP contribution in [0.4, 0.5) is 0 Å². The van der Waals surface area contributed by atoms with E-state index in [2.05, 4.69) is 46.8 Å². The third-order valence-electron chi connectivity index (χ3n) is 5.60. The van der Waals surface area contributed by atoms with E-state index in [0.717, 1.165) is 54.9 Å². The molecule has 0 amide bonds. The number of ether oxygens (including phenoxy) is 2. The molecule has 2 aromatic rings. The summed E-state index contributed by atoms with van der Waals surface area (Å²) in [5.74, 6) is 1.63. The summed E-state index contributed by atoms with van der Waals surface area (Å²) in [5.41, 5.74) is 3.37. The van der Waals surface area contributed by atoms with Crippen LogP contribution in [0.25, 0.3) is 0 Å². The van der Waals surface area contributed by atoms with E-state index in [1.165, 1.54) is 11.1 Å². The standard InChI is InChI=1S/C23H30ClN3O2.HI/c1-17-8-9-18(21(14-17)28-3)15-26-22(25-2)27-16-23(10-12-29-13-11-23)19-6-4-5-7-20(19)24;/h4-9,14H,10-13,15-16H2,1-3H3,(H2,25,26,27);1H. The maximum absolute atomic E-state index is 6.56. The van der Waals surface area contributed by atoms with Crippen LogP contribution in [-0.4, -0.2) is 39.9 Å². The molecule has 164 valence electrons. The molecule has 1 aliphatic heterocycles. The van der Waals surface area contributed by atoms with Crippen LogP contribution in [0.3, 0.4) is 0 Å². The predicted octanol–water partition coefficient (Wildman–Crippen LogP) is 4.69. The Morgan fingerprint density at radius 1 is 1.17 bits per heavy atom. The lowest BCUT2D eigenvalue weighted by molar-refractivity contribution is 0.0514. The summed E-state index contributed by atoms with van der Waals surface area (Å²) in [6.45, 7) is 4.90. The van der Waals surface area contributed by atoms with Crippen LogP contribution in [0.2, 0.25) is 5.02 Å². The number of aliphatic imine (C=N–C) groups is 1. The lowest BCUT2D eigenvalue weighted by atomic mass is 9.74. The number of nitrogens with zero attached hydrogens (tertiary/aromatic N) is 1. The molecule has 2 aromatic carbocycles. The summed E-state index contributed by atoms with van der Waals surface area (Å²) in [6.07, 6.45) is 1.85. The molecule has 2 N–H and O–H groups in total. The minimum atomic E-state index is -0.0736. The number of hydrogen-bond acceptors (Lipinski definition) is 3. The highest BCUT2D eigenvalue weighted by Crippen LogP contribution is 2.38. The molecule has 0 aliphatic carbocycles. The third kappa shape index (κ3) is 6.02. The van der Waals surface area contributed by atoms with Crippen LogP contribution >= 0.6 is 35.6 Å². The van der Waals surface area contributed by atoms with Crippen molar-refractivity contribution in [3.8, 4) is 5.75 Å². The molecule has 1 saturated heterocycles. The van der Waals surface area contributed by atoms with Gasteiger partial charge in [0.2, 0.25) is 0 Å². The van der Waals surface area contributed by atoms with E-state index in [0.29, 0.717) is 6.54 Å². The molecule has 30 heavy (non-hydrogen) atoms. The summed E-state index contributed by atoms with van der Waals surface area (Å²) in [4.78, 5) is 4.40. The van der Waals surface area contributed by atoms with Gasteiger partial charge in [0.1, 0.15) is 5.75 Å². The Labute approximate surface area is 201 Å². The van der Waals surface area contributed by atoms with Crippen molar-refractivity contribution in [2.24, 2.45) is 4.99 Å². The fraction of sp³-hybridized carbons (Fsp3) is 0.435. The molecule has 0 unspecified atom stereocenters. The number of halogens is 2. The Kier molecular flexibility index (Phi) is 9.71. The largest absolute Gasteiger partial charge is 0.496 e. The first-order valence-corrected chi connectivity index (χ1v) is 10.4. The second-order valence-electron chi connectivity index (χ2n) is 7.47. The molecule has 7 heteroatoms. The topological polar surface area (TPSA) is 54.9 Å². The van der Waals surface area contributed by atoms with Gasteiger partial charge in [-0.3, -0.25) is 4.99 Å². The first-order chi connectivity index (χ1) is 14.1. The first-order valence-electron chi connectivity index (χ1n) is 9.99. The van der Waals surface area contributed by atoms with Gasteiger partial charge in [0.05, 0.1) is 7.11 Å². The smallest absolute Gasteiger partial charge is 0.191 e. The number of guanidine groups is 1. The van der Waals surface area contributed by atoms with Crippen molar-refractivity contribution in [2.75, 3.05) is 33.9 Å². The number of benzene rings is 2. The molecule has 1 heterocycles. The Morgan fingerprint density at radius 2 is 1.90 bits per heavy atom. The zero-order chi connectivity index (χ0) is 20.7. The van der Waals surface area contributed by atoms with E-state index in [4.69, 9.17) is 21.1 Å². The molecule has 1 aliphatic rings. The molecule has 0 aromatic heterocycles. The van der Waals surface area contributed by atoms with Gasteiger partial charge in [-0.15, -0.1) is 24.0 Å². The maximum Gasteiger partial charge on any atom is 0.191 e. The Morgan fingerprint density at radius 3 is 2.57 bits per heavy atom. The minimum absolute atomic E-state index is 0. The Hall–Kier alpha value is -1.51. The number of hydrogen-bond donors (Lipinski definition) is 2. The van der Waals surface area contributed by atoms with Crippen molar-refractivity contribution < 1.29 is 9.47 Å². The molecule has 0 spiro atoms. The molecule has 5 nitrogen and oxygen atoms in total. The fourth-order valence-corrected chi connectivity index (χ4v) is 4.18. The highest BCUT2D eigenvalue weighted by atomic mass is 127. The maximum atomic E-state index is 6.56. The van der Waals surface area contributed by atoms with Gasteiger partial charge in [-0.2, -0.15) is 0 Å². The zero-order valence-electron chi connectivity index (χ0n) is 17.8. The number of rotatable bonds is 6. The second kappa shape index (κ2) is 11.8. The van der Waals surface area contributed by atoms with E-state index < -0.39 is 0 Å². The molecule has 1 fully saturated rings. The van der Waals surface area contributed by atoms with E-state index in [1.54, 1.807) is 14.2 Å². The van der Waals surface area contributed by atoms with Crippen molar-refractivity contribution in [2.45, 2.75) is 31.7 Å². The summed E-state index contributed by atoms with van der Waals surface area (Å²) >= 11 is 6.56. The number of methoxy groups -OCH3 is 1. The third-order valence-corrected chi connectivity index (χ3v) is 5.93. The Balaban J connectivity index is 0.00000320. The molecule has 0 radical (unpaired) electrons.